The molecule has 0 heterocycles. The zero-order valence-corrected chi connectivity index (χ0v) is 14.5. The van der Waals surface area contributed by atoms with Crippen molar-refractivity contribution in [1.82, 2.24) is 4.90 Å². The van der Waals surface area contributed by atoms with Gasteiger partial charge in [-0.15, -0.1) is 0 Å². The van der Waals surface area contributed by atoms with E-state index < -0.39 is 15.8 Å². The molecule has 0 aromatic heterocycles. The summed E-state index contributed by atoms with van der Waals surface area (Å²) in [7, 11) is -2.15. The van der Waals surface area contributed by atoms with Crippen LogP contribution < -0.4 is 5.14 Å². The lowest BCUT2D eigenvalue weighted by Gasteiger charge is -2.25. The summed E-state index contributed by atoms with van der Waals surface area (Å²) in [6.07, 6.45) is 0. The number of benzene rings is 2. The second kappa shape index (κ2) is 6.70. The van der Waals surface area contributed by atoms with Gasteiger partial charge in [0, 0.05) is 12.6 Å². The van der Waals surface area contributed by atoms with Crippen molar-refractivity contribution in [2.75, 3.05) is 7.05 Å². The number of nitrogens with two attached hydrogens (primary N) is 1. The van der Waals surface area contributed by atoms with Gasteiger partial charge < -0.3 is 4.90 Å². The number of hydrogen-bond acceptors (Lipinski definition) is 3. The fraction of sp³-hybridized carbons (Fsp3) is 0.235. The van der Waals surface area contributed by atoms with Crippen LogP contribution in [-0.2, 0) is 10.0 Å². The number of hydrogen-bond donors (Lipinski definition) is 1. The first-order valence-electron chi connectivity index (χ1n) is 7.27. The average molecular weight is 350 g/mol. The Morgan fingerprint density at radius 1 is 1.17 bits per heavy atom. The molecule has 1 atom stereocenters. The third kappa shape index (κ3) is 3.80. The van der Waals surface area contributed by atoms with Crippen molar-refractivity contribution in [2.45, 2.75) is 24.8 Å². The Balaban J connectivity index is 2.23. The minimum Gasteiger partial charge on any atom is -0.335 e. The fourth-order valence-corrected chi connectivity index (χ4v) is 2.78. The molecule has 0 fully saturated rings. The van der Waals surface area contributed by atoms with E-state index in [2.05, 4.69) is 0 Å². The number of halogens is 1. The van der Waals surface area contributed by atoms with Crippen molar-refractivity contribution in [3.05, 3.63) is 65.0 Å². The van der Waals surface area contributed by atoms with Gasteiger partial charge in [0.15, 0.2) is 0 Å². The fourth-order valence-electron chi connectivity index (χ4n) is 2.27. The first-order chi connectivity index (χ1) is 11.1. The largest absolute Gasteiger partial charge is 0.335 e. The molecule has 0 saturated carbocycles. The SMILES string of the molecule is Cc1ccc(C(=O)N(C)C(C)c2ccc(S(N)(=O)=O)cc2)cc1F. The zero-order chi connectivity index (χ0) is 18.1. The van der Waals surface area contributed by atoms with Gasteiger partial charge in [-0.3, -0.25) is 4.79 Å². The van der Waals surface area contributed by atoms with Crippen LogP contribution in [-0.4, -0.2) is 26.3 Å². The highest BCUT2D eigenvalue weighted by atomic mass is 32.2. The van der Waals surface area contributed by atoms with Crippen LogP contribution in [0.25, 0.3) is 0 Å². The van der Waals surface area contributed by atoms with Crippen LogP contribution in [0.4, 0.5) is 4.39 Å². The molecule has 1 unspecified atom stereocenters. The van der Waals surface area contributed by atoms with Gasteiger partial charge in [-0.25, -0.2) is 17.9 Å². The van der Waals surface area contributed by atoms with Gasteiger partial charge in [0.1, 0.15) is 5.82 Å². The van der Waals surface area contributed by atoms with Gasteiger partial charge in [0.2, 0.25) is 10.0 Å². The average Bonchev–Trinajstić information content (AvgIpc) is 2.54. The molecule has 24 heavy (non-hydrogen) atoms. The van der Waals surface area contributed by atoms with E-state index in [1.807, 2.05) is 0 Å². The maximum absolute atomic E-state index is 13.6. The number of nitrogens with zero attached hydrogens (tertiary/aromatic N) is 1. The highest BCUT2D eigenvalue weighted by molar-refractivity contribution is 7.89. The lowest BCUT2D eigenvalue weighted by Crippen LogP contribution is -2.29. The summed E-state index contributed by atoms with van der Waals surface area (Å²) in [5.74, 6) is -0.753. The summed E-state index contributed by atoms with van der Waals surface area (Å²) < 4.78 is 36.2. The summed E-state index contributed by atoms with van der Waals surface area (Å²) in [6, 6.07) is 10.0. The van der Waals surface area contributed by atoms with E-state index >= 15 is 0 Å². The quantitative estimate of drug-likeness (QED) is 0.920. The van der Waals surface area contributed by atoms with Gasteiger partial charge in [0.05, 0.1) is 10.9 Å². The molecule has 0 radical (unpaired) electrons. The van der Waals surface area contributed by atoms with Crippen LogP contribution >= 0.6 is 0 Å². The Kier molecular flexibility index (Phi) is 5.05. The van der Waals surface area contributed by atoms with Crippen LogP contribution in [0.15, 0.2) is 47.4 Å². The standard InChI is InChI=1S/C17H19FN2O3S/c1-11-4-5-14(10-16(11)18)17(21)20(3)12(2)13-6-8-15(9-7-13)24(19,22)23/h4-10,12H,1-3H3,(H2,19,22,23). The molecule has 0 spiro atoms. The molecule has 2 aromatic carbocycles. The van der Waals surface area contributed by atoms with Gasteiger partial charge in [-0.1, -0.05) is 18.2 Å². The van der Waals surface area contributed by atoms with Crippen LogP contribution in [0.3, 0.4) is 0 Å². The van der Waals surface area contributed by atoms with Gasteiger partial charge >= 0.3 is 0 Å². The van der Waals surface area contributed by atoms with Gasteiger partial charge in [0.25, 0.3) is 5.91 Å². The summed E-state index contributed by atoms with van der Waals surface area (Å²) in [5, 5.41) is 5.07. The van der Waals surface area contributed by atoms with E-state index in [1.165, 1.54) is 23.1 Å². The molecule has 0 aliphatic rings. The van der Waals surface area contributed by atoms with E-state index in [1.54, 1.807) is 45.2 Å². The van der Waals surface area contributed by atoms with E-state index in [0.717, 1.165) is 5.56 Å². The Morgan fingerprint density at radius 2 is 1.75 bits per heavy atom. The highest BCUT2D eigenvalue weighted by Crippen LogP contribution is 2.22. The minimum atomic E-state index is -3.76. The number of aryl methyl sites for hydroxylation is 1. The number of amides is 1. The molecule has 128 valence electrons. The lowest BCUT2D eigenvalue weighted by atomic mass is 10.1. The van der Waals surface area contributed by atoms with E-state index in [0.29, 0.717) is 5.56 Å². The predicted molar refractivity (Wildman–Crippen MR) is 89.5 cm³/mol. The molecule has 0 aliphatic heterocycles. The van der Waals surface area contributed by atoms with Crippen LogP contribution in [0, 0.1) is 12.7 Å². The van der Waals surface area contributed by atoms with Crippen molar-refractivity contribution in [1.29, 1.82) is 0 Å². The Hall–Kier alpha value is -2.25. The first kappa shape index (κ1) is 18.1. The molecule has 5 nitrogen and oxygen atoms in total. The van der Waals surface area contributed by atoms with Gasteiger partial charge in [-0.2, -0.15) is 0 Å². The molecule has 2 N–H and O–H groups in total. The highest BCUT2D eigenvalue weighted by Gasteiger charge is 2.20. The third-order valence-corrected chi connectivity index (χ3v) is 4.94. The molecule has 7 heteroatoms. The molecule has 2 rings (SSSR count). The predicted octanol–water partition coefficient (Wildman–Crippen LogP) is 2.61. The normalized spacial score (nSPS) is 12.7. The minimum absolute atomic E-state index is 0.00744. The zero-order valence-electron chi connectivity index (χ0n) is 13.7. The molecule has 0 saturated heterocycles. The second-order valence-electron chi connectivity index (χ2n) is 5.67. The van der Waals surface area contributed by atoms with Crippen molar-refractivity contribution in [3.8, 4) is 0 Å². The van der Waals surface area contributed by atoms with Gasteiger partial charge in [-0.05, 0) is 49.2 Å². The van der Waals surface area contributed by atoms with E-state index in [9.17, 15) is 17.6 Å². The molecular weight excluding hydrogens is 331 g/mol. The molecule has 2 aromatic rings. The summed E-state index contributed by atoms with van der Waals surface area (Å²) in [6.45, 7) is 3.43. The summed E-state index contributed by atoms with van der Waals surface area (Å²) in [4.78, 5) is 14.0. The Labute approximate surface area is 141 Å². The second-order valence-corrected chi connectivity index (χ2v) is 7.23. The number of primary sulfonamides is 1. The third-order valence-electron chi connectivity index (χ3n) is 4.01. The number of carbonyl (C=O) groups excluding carboxylic acids is 1. The number of sulfonamides is 1. The van der Waals surface area contributed by atoms with Crippen molar-refractivity contribution >= 4 is 15.9 Å². The maximum atomic E-state index is 13.6. The lowest BCUT2D eigenvalue weighted by molar-refractivity contribution is 0.0742. The monoisotopic (exact) mass is 350 g/mol. The smallest absolute Gasteiger partial charge is 0.254 e. The number of rotatable bonds is 4. The van der Waals surface area contributed by atoms with Crippen molar-refractivity contribution in [3.63, 3.8) is 0 Å². The van der Waals surface area contributed by atoms with E-state index in [-0.39, 0.29) is 22.4 Å². The van der Waals surface area contributed by atoms with Crippen LogP contribution in [0.1, 0.15) is 34.5 Å². The molecule has 0 aliphatic carbocycles. The van der Waals surface area contributed by atoms with Crippen molar-refractivity contribution < 1.29 is 17.6 Å². The van der Waals surface area contributed by atoms with Crippen molar-refractivity contribution in [2.24, 2.45) is 5.14 Å². The Bertz CT molecular complexity index is 864. The molecular formula is C17H19FN2O3S. The van der Waals surface area contributed by atoms with Crippen LogP contribution in [0.2, 0.25) is 0 Å². The number of carbonyl (C=O) groups is 1. The molecule has 1 amide bonds. The molecule has 0 bridgehead atoms. The van der Waals surface area contributed by atoms with E-state index in [4.69, 9.17) is 5.14 Å². The summed E-state index contributed by atoms with van der Waals surface area (Å²) in [5.41, 5.74) is 1.47. The van der Waals surface area contributed by atoms with Crippen LogP contribution in [0.5, 0.6) is 0 Å². The first-order valence-corrected chi connectivity index (χ1v) is 8.82. The maximum Gasteiger partial charge on any atom is 0.254 e. The topological polar surface area (TPSA) is 80.5 Å². The summed E-state index contributed by atoms with van der Waals surface area (Å²) >= 11 is 0. The Morgan fingerprint density at radius 3 is 2.25 bits per heavy atom.